The van der Waals surface area contributed by atoms with Gasteiger partial charge in [-0.25, -0.2) is 4.98 Å². The monoisotopic (exact) mass is 165 g/mol. The van der Waals surface area contributed by atoms with Crippen molar-refractivity contribution in [3.05, 3.63) is 23.9 Å². The molecule has 0 atom stereocenters. The normalized spacial score (nSPS) is 9.92. The standard InChI is InChI=1S/C9H15N3/c1-10-7-8-4-5-11-9(6-8)12(2)3/h4-6,10H,7H2,1-3H3. The summed E-state index contributed by atoms with van der Waals surface area (Å²) >= 11 is 0. The van der Waals surface area contributed by atoms with Gasteiger partial charge in [-0.2, -0.15) is 0 Å². The van der Waals surface area contributed by atoms with E-state index in [4.69, 9.17) is 0 Å². The molecule has 0 aliphatic carbocycles. The van der Waals surface area contributed by atoms with Crippen LogP contribution in [0.3, 0.4) is 0 Å². The van der Waals surface area contributed by atoms with Gasteiger partial charge in [-0.05, 0) is 24.7 Å². The third-order valence-corrected chi connectivity index (χ3v) is 1.65. The number of nitrogens with one attached hydrogen (secondary N) is 1. The van der Waals surface area contributed by atoms with Gasteiger partial charge in [-0.1, -0.05) is 0 Å². The molecule has 0 amide bonds. The summed E-state index contributed by atoms with van der Waals surface area (Å²) < 4.78 is 0. The van der Waals surface area contributed by atoms with E-state index in [1.165, 1.54) is 5.56 Å². The number of pyridine rings is 1. The Morgan fingerprint density at radius 1 is 1.50 bits per heavy atom. The number of nitrogens with zero attached hydrogens (tertiary/aromatic N) is 2. The van der Waals surface area contributed by atoms with Crippen LogP contribution in [0.1, 0.15) is 5.56 Å². The Bertz CT molecular complexity index is 245. The molecule has 0 spiro atoms. The van der Waals surface area contributed by atoms with Crippen LogP contribution in [-0.2, 0) is 6.54 Å². The van der Waals surface area contributed by atoms with Gasteiger partial charge in [0.2, 0.25) is 0 Å². The van der Waals surface area contributed by atoms with Crippen LogP contribution in [0.5, 0.6) is 0 Å². The molecule has 12 heavy (non-hydrogen) atoms. The predicted molar refractivity (Wildman–Crippen MR) is 51.3 cm³/mol. The van der Waals surface area contributed by atoms with Crippen molar-refractivity contribution in [1.82, 2.24) is 10.3 Å². The largest absolute Gasteiger partial charge is 0.363 e. The van der Waals surface area contributed by atoms with Gasteiger partial charge in [-0.3, -0.25) is 0 Å². The van der Waals surface area contributed by atoms with Gasteiger partial charge in [0.1, 0.15) is 5.82 Å². The number of hydrogen-bond acceptors (Lipinski definition) is 3. The van der Waals surface area contributed by atoms with Crippen molar-refractivity contribution in [3.8, 4) is 0 Å². The molecule has 3 nitrogen and oxygen atoms in total. The fourth-order valence-corrected chi connectivity index (χ4v) is 1.02. The molecule has 66 valence electrons. The first-order chi connectivity index (χ1) is 5.74. The van der Waals surface area contributed by atoms with E-state index in [0.717, 1.165) is 12.4 Å². The van der Waals surface area contributed by atoms with E-state index in [1.807, 2.05) is 38.3 Å². The smallest absolute Gasteiger partial charge is 0.128 e. The number of aromatic nitrogens is 1. The summed E-state index contributed by atoms with van der Waals surface area (Å²) in [6.07, 6.45) is 1.84. The second-order valence-corrected chi connectivity index (χ2v) is 2.95. The highest BCUT2D eigenvalue weighted by atomic mass is 15.1. The van der Waals surface area contributed by atoms with Gasteiger partial charge in [0.25, 0.3) is 0 Å². The van der Waals surface area contributed by atoms with E-state index < -0.39 is 0 Å². The Morgan fingerprint density at radius 3 is 2.83 bits per heavy atom. The first-order valence-electron chi connectivity index (χ1n) is 4.01. The molecule has 1 aromatic heterocycles. The van der Waals surface area contributed by atoms with Crippen molar-refractivity contribution in [1.29, 1.82) is 0 Å². The molecule has 1 heterocycles. The third-order valence-electron chi connectivity index (χ3n) is 1.65. The summed E-state index contributed by atoms with van der Waals surface area (Å²) in [5.41, 5.74) is 1.26. The van der Waals surface area contributed by atoms with E-state index in [-0.39, 0.29) is 0 Å². The minimum Gasteiger partial charge on any atom is -0.363 e. The molecular formula is C9H15N3. The van der Waals surface area contributed by atoms with Crippen LogP contribution in [0.25, 0.3) is 0 Å². The molecule has 0 bridgehead atoms. The first kappa shape index (κ1) is 9.00. The van der Waals surface area contributed by atoms with Gasteiger partial charge in [-0.15, -0.1) is 0 Å². The zero-order valence-corrected chi connectivity index (χ0v) is 7.83. The van der Waals surface area contributed by atoms with Crippen molar-refractivity contribution < 1.29 is 0 Å². The lowest BCUT2D eigenvalue weighted by atomic mass is 10.2. The minimum atomic E-state index is 0.892. The topological polar surface area (TPSA) is 28.2 Å². The maximum Gasteiger partial charge on any atom is 0.128 e. The minimum absolute atomic E-state index is 0.892. The molecule has 0 saturated heterocycles. The molecule has 1 N–H and O–H groups in total. The number of hydrogen-bond donors (Lipinski definition) is 1. The number of rotatable bonds is 3. The third kappa shape index (κ3) is 2.20. The molecule has 0 aliphatic heterocycles. The Labute approximate surface area is 73.4 Å². The molecule has 0 fully saturated rings. The van der Waals surface area contributed by atoms with Gasteiger partial charge in [0, 0.05) is 26.8 Å². The average Bonchev–Trinajstić information content (AvgIpc) is 2.05. The summed E-state index contributed by atoms with van der Waals surface area (Å²) in [6, 6.07) is 4.10. The summed E-state index contributed by atoms with van der Waals surface area (Å²) in [5.74, 6) is 1.00. The maximum atomic E-state index is 4.22. The van der Waals surface area contributed by atoms with Crippen LogP contribution in [0, 0.1) is 0 Å². The molecule has 1 aromatic rings. The molecule has 3 heteroatoms. The molecule has 0 unspecified atom stereocenters. The van der Waals surface area contributed by atoms with Gasteiger partial charge in [0.15, 0.2) is 0 Å². The molecule has 1 rings (SSSR count). The van der Waals surface area contributed by atoms with Crippen LogP contribution in [-0.4, -0.2) is 26.1 Å². The van der Waals surface area contributed by atoms with Crippen LogP contribution in [0.15, 0.2) is 18.3 Å². The van der Waals surface area contributed by atoms with Crippen molar-refractivity contribution in [2.45, 2.75) is 6.54 Å². The van der Waals surface area contributed by atoms with Crippen molar-refractivity contribution >= 4 is 5.82 Å². The van der Waals surface area contributed by atoms with E-state index in [9.17, 15) is 0 Å². The SMILES string of the molecule is CNCc1ccnc(N(C)C)c1. The van der Waals surface area contributed by atoms with Crippen LogP contribution < -0.4 is 10.2 Å². The zero-order valence-electron chi connectivity index (χ0n) is 7.83. The predicted octanol–water partition coefficient (Wildman–Crippen LogP) is 0.867. The average molecular weight is 165 g/mol. The summed E-state index contributed by atoms with van der Waals surface area (Å²) in [4.78, 5) is 6.22. The van der Waals surface area contributed by atoms with Crippen LogP contribution in [0.4, 0.5) is 5.82 Å². The number of anilines is 1. The van der Waals surface area contributed by atoms with E-state index in [1.54, 1.807) is 0 Å². The lowest BCUT2D eigenvalue weighted by Gasteiger charge is -2.11. The van der Waals surface area contributed by atoms with Crippen molar-refractivity contribution in [3.63, 3.8) is 0 Å². The van der Waals surface area contributed by atoms with E-state index in [0.29, 0.717) is 0 Å². The Kier molecular flexibility index (Phi) is 3.05. The van der Waals surface area contributed by atoms with Crippen LogP contribution >= 0.6 is 0 Å². The first-order valence-corrected chi connectivity index (χ1v) is 4.01. The fraction of sp³-hybridized carbons (Fsp3) is 0.444. The summed E-state index contributed by atoms with van der Waals surface area (Å²) in [6.45, 7) is 0.892. The summed E-state index contributed by atoms with van der Waals surface area (Å²) in [5, 5.41) is 3.10. The quantitative estimate of drug-likeness (QED) is 0.720. The van der Waals surface area contributed by atoms with E-state index >= 15 is 0 Å². The fourth-order valence-electron chi connectivity index (χ4n) is 1.02. The Morgan fingerprint density at radius 2 is 2.25 bits per heavy atom. The Balaban J connectivity index is 2.81. The molecular weight excluding hydrogens is 150 g/mol. The zero-order chi connectivity index (χ0) is 8.97. The highest BCUT2D eigenvalue weighted by molar-refractivity contribution is 5.38. The second-order valence-electron chi connectivity index (χ2n) is 2.95. The maximum absolute atomic E-state index is 4.22. The summed E-state index contributed by atoms with van der Waals surface area (Å²) in [7, 11) is 5.92. The van der Waals surface area contributed by atoms with E-state index in [2.05, 4.69) is 16.4 Å². The lowest BCUT2D eigenvalue weighted by molar-refractivity contribution is 0.815. The molecule has 0 aromatic carbocycles. The van der Waals surface area contributed by atoms with Crippen LogP contribution in [0.2, 0.25) is 0 Å². The highest BCUT2D eigenvalue weighted by Gasteiger charge is 1.97. The van der Waals surface area contributed by atoms with Crippen molar-refractivity contribution in [2.24, 2.45) is 0 Å². The molecule has 0 saturated carbocycles. The van der Waals surface area contributed by atoms with Crippen molar-refractivity contribution in [2.75, 3.05) is 26.0 Å². The molecule has 0 aliphatic rings. The van der Waals surface area contributed by atoms with Gasteiger partial charge >= 0.3 is 0 Å². The highest BCUT2D eigenvalue weighted by Crippen LogP contribution is 2.08. The second kappa shape index (κ2) is 4.07. The van der Waals surface area contributed by atoms with Gasteiger partial charge < -0.3 is 10.2 Å². The Hall–Kier alpha value is -1.09. The van der Waals surface area contributed by atoms with Gasteiger partial charge in [0.05, 0.1) is 0 Å². The lowest BCUT2D eigenvalue weighted by Crippen LogP contribution is -2.12. The molecule has 0 radical (unpaired) electrons.